The number of ether oxygens (including phenoxy) is 1. The summed E-state index contributed by atoms with van der Waals surface area (Å²) in [6, 6.07) is 7.82. The van der Waals surface area contributed by atoms with E-state index in [1.54, 1.807) is 0 Å². The van der Waals surface area contributed by atoms with Gasteiger partial charge < -0.3 is 20.3 Å². The molecule has 1 rings (SSSR count). The minimum Gasteiger partial charge on any atom is -0.492 e. The van der Waals surface area contributed by atoms with E-state index in [4.69, 9.17) is 10.5 Å². The molecule has 0 fully saturated rings. The van der Waals surface area contributed by atoms with Crippen LogP contribution < -0.4 is 10.5 Å². The minimum atomic E-state index is 0.387. The number of nitrogens with two attached hydrogens (primary N) is 1. The zero-order chi connectivity index (χ0) is 15.5. The lowest BCUT2D eigenvalue weighted by Crippen LogP contribution is -2.27. The second-order valence-corrected chi connectivity index (χ2v) is 5.34. The average Bonchev–Trinajstić information content (AvgIpc) is 2.46. The molecule has 0 bridgehead atoms. The van der Waals surface area contributed by atoms with Crippen molar-refractivity contribution in [1.82, 2.24) is 9.80 Å². The molecule has 2 N–H and O–H groups in total. The number of hydrogen-bond donors (Lipinski definition) is 1. The van der Waals surface area contributed by atoms with Gasteiger partial charge in [-0.3, -0.25) is 0 Å². The fourth-order valence-corrected chi connectivity index (χ4v) is 1.88. The highest BCUT2D eigenvalue weighted by Gasteiger charge is 2.00. The van der Waals surface area contributed by atoms with Crippen LogP contribution in [0.15, 0.2) is 24.3 Å². The summed E-state index contributed by atoms with van der Waals surface area (Å²) in [4.78, 5) is 4.50. The van der Waals surface area contributed by atoms with Crippen molar-refractivity contribution < 1.29 is 4.74 Å². The van der Waals surface area contributed by atoms with Crippen LogP contribution >= 0.6 is 0 Å². The molecule has 0 saturated heterocycles. The van der Waals surface area contributed by atoms with Crippen molar-refractivity contribution in [3.8, 4) is 17.6 Å². The zero-order valence-electron chi connectivity index (χ0n) is 13.4. The molecule has 0 aliphatic rings. The molecule has 116 valence electrons. The van der Waals surface area contributed by atoms with E-state index in [2.05, 4.69) is 42.8 Å². The van der Waals surface area contributed by atoms with Crippen LogP contribution in [0, 0.1) is 11.8 Å². The maximum Gasteiger partial charge on any atom is 0.119 e. The summed E-state index contributed by atoms with van der Waals surface area (Å²) in [5, 5.41) is 0. The Labute approximate surface area is 128 Å². The molecule has 0 spiro atoms. The number of benzene rings is 1. The molecular weight excluding hydrogens is 262 g/mol. The molecule has 4 nitrogen and oxygen atoms in total. The van der Waals surface area contributed by atoms with E-state index >= 15 is 0 Å². The van der Waals surface area contributed by atoms with Gasteiger partial charge in [0, 0.05) is 12.1 Å². The Hall–Kier alpha value is -1.54. The Morgan fingerprint density at radius 2 is 1.76 bits per heavy atom. The van der Waals surface area contributed by atoms with Gasteiger partial charge in [0.15, 0.2) is 0 Å². The van der Waals surface area contributed by atoms with Crippen molar-refractivity contribution in [3.63, 3.8) is 0 Å². The maximum atomic E-state index is 5.74. The molecule has 0 heterocycles. The zero-order valence-corrected chi connectivity index (χ0v) is 13.4. The third-order valence-electron chi connectivity index (χ3n) is 3.08. The Bertz CT molecular complexity index is 445. The van der Waals surface area contributed by atoms with Gasteiger partial charge in [-0.05, 0) is 64.9 Å². The van der Waals surface area contributed by atoms with Gasteiger partial charge in [0.05, 0.1) is 6.54 Å². The molecule has 0 atom stereocenters. The molecule has 0 aliphatic heterocycles. The number of nitrogens with zero attached hydrogens (tertiary/aromatic N) is 2. The second-order valence-electron chi connectivity index (χ2n) is 5.34. The van der Waals surface area contributed by atoms with Crippen molar-refractivity contribution >= 4 is 0 Å². The van der Waals surface area contributed by atoms with E-state index in [0.717, 1.165) is 30.9 Å². The normalized spacial score (nSPS) is 10.6. The Kier molecular flexibility index (Phi) is 8.53. The predicted molar refractivity (Wildman–Crippen MR) is 88.5 cm³/mol. The third kappa shape index (κ3) is 8.36. The van der Waals surface area contributed by atoms with Gasteiger partial charge in [-0.15, -0.1) is 0 Å². The summed E-state index contributed by atoms with van der Waals surface area (Å²) in [5.41, 5.74) is 6.31. The van der Waals surface area contributed by atoms with Gasteiger partial charge in [0.1, 0.15) is 12.4 Å². The lowest BCUT2D eigenvalue weighted by molar-refractivity contribution is 0.229. The Balaban J connectivity index is 2.22. The van der Waals surface area contributed by atoms with Crippen LogP contribution in [-0.2, 0) is 0 Å². The summed E-state index contributed by atoms with van der Waals surface area (Å²) in [6.45, 7) is 4.23. The molecule has 0 saturated carbocycles. The highest BCUT2D eigenvalue weighted by molar-refractivity contribution is 5.38. The molecule has 1 aromatic rings. The number of hydrogen-bond acceptors (Lipinski definition) is 4. The van der Waals surface area contributed by atoms with Crippen LogP contribution in [-0.4, -0.2) is 63.7 Å². The van der Waals surface area contributed by atoms with Gasteiger partial charge >= 0.3 is 0 Å². The molecule has 1 aromatic carbocycles. The molecule has 21 heavy (non-hydrogen) atoms. The van der Waals surface area contributed by atoms with Gasteiger partial charge in [0.25, 0.3) is 0 Å². The van der Waals surface area contributed by atoms with Gasteiger partial charge in [-0.2, -0.15) is 0 Å². The number of rotatable bonds is 8. The van der Waals surface area contributed by atoms with Crippen molar-refractivity contribution in [2.75, 3.05) is 53.9 Å². The minimum absolute atomic E-state index is 0.387. The highest BCUT2D eigenvalue weighted by atomic mass is 16.5. The second kappa shape index (κ2) is 10.2. The fraction of sp³-hybridized carbons (Fsp3) is 0.529. The summed E-state index contributed by atoms with van der Waals surface area (Å²) in [5.74, 6) is 6.72. The third-order valence-corrected chi connectivity index (χ3v) is 3.08. The standard InChI is InChI=1S/C17H27N3O/c1-19(2)12-5-13-20(3)14-15-21-17-9-7-16(8-10-17)6-4-11-18/h7-10H,5,11-15,18H2,1-3H3. The summed E-state index contributed by atoms with van der Waals surface area (Å²) < 4.78 is 5.74. The van der Waals surface area contributed by atoms with Crippen LogP contribution in [0.3, 0.4) is 0 Å². The van der Waals surface area contributed by atoms with Gasteiger partial charge in [0.2, 0.25) is 0 Å². The van der Waals surface area contributed by atoms with E-state index in [0.29, 0.717) is 13.2 Å². The largest absolute Gasteiger partial charge is 0.492 e. The lowest BCUT2D eigenvalue weighted by atomic mass is 10.2. The SMILES string of the molecule is CN(C)CCCN(C)CCOc1ccc(C#CCN)cc1. The molecular formula is C17H27N3O. The first kappa shape index (κ1) is 17.5. The molecule has 0 aliphatic carbocycles. The summed E-state index contributed by atoms with van der Waals surface area (Å²) in [6.07, 6.45) is 1.18. The van der Waals surface area contributed by atoms with Crippen LogP contribution in [0.2, 0.25) is 0 Å². The molecule has 0 aromatic heterocycles. The van der Waals surface area contributed by atoms with Crippen LogP contribution in [0.5, 0.6) is 5.75 Å². The maximum absolute atomic E-state index is 5.74. The molecule has 0 unspecified atom stereocenters. The number of likely N-dealkylation sites (N-methyl/N-ethyl adjacent to an activating group) is 1. The molecule has 0 radical (unpaired) electrons. The van der Waals surface area contributed by atoms with E-state index in [-0.39, 0.29) is 0 Å². The first-order valence-corrected chi connectivity index (χ1v) is 7.37. The smallest absolute Gasteiger partial charge is 0.119 e. The van der Waals surface area contributed by atoms with E-state index < -0.39 is 0 Å². The van der Waals surface area contributed by atoms with Crippen LogP contribution in [0.25, 0.3) is 0 Å². The highest BCUT2D eigenvalue weighted by Crippen LogP contribution is 2.11. The summed E-state index contributed by atoms with van der Waals surface area (Å²) >= 11 is 0. The monoisotopic (exact) mass is 289 g/mol. The van der Waals surface area contributed by atoms with Crippen molar-refractivity contribution in [2.24, 2.45) is 5.73 Å². The van der Waals surface area contributed by atoms with E-state index in [1.165, 1.54) is 6.42 Å². The first-order chi connectivity index (χ1) is 10.1. The average molecular weight is 289 g/mol. The first-order valence-electron chi connectivity index (χ1n) is 7.37. The van der Waals surface area contributed by atoms with Crippen molar-refractivity contribution in [3.05, 3.63) is 29.8 Å². The van der Waals surface area contributed by atoms with Crippen LogP contribution in [0.1, 0.15) is 12.0 Å². The summed E-state index contributed by atoms with van der Waals surface area (Å²) in [7, 11) is 6.33. The van der Waals surface area contributed by atoms with Crippen molar-refractivity contribution in [2.45, 2.75) is 6.42 Å². The molecule has 4 heteroatoms. The topological polar surface area (TPSA) is 41.7 Å². The van der Waals surface area contributed by atoms with Crippen molar-refractivity contribution in [1.29, 1.82) is 0 Å². The van der Waals surface area contributed by atoms with E-state index in [1.807, 2.05) is 24.3 Å². The van der Waals surface area contributed by atoms with Gasteiger partial charge in [-0.1, -0.05) is 11.8 Å². The fourth-order valence-electron chi connectivity index (χ4n) is 1.88. The van der Waals surface area contributed by atoms with E-state index in [9.17, 15) is 0 Å². The predicted octanol–water partition coefficient (Wildman–Crippen LogP) is 1.26. The van der Waals surface area contributed by atoms with Crippen LogP contribution in [0.4, 0.5) is 0 Å². The quantitative estimate of drug-likeness (QED) is 0.732. The Morgan fingerprint density at radius 3 is 2.38 bits per heavy atom. The lowest BCUT2D eigenvalue weighted by Gasteiger charge is -2.18. The molecule has 0 amide bonds. The Morgan fingerprint density at radius 1 is 1.05 bits per heavy atom. The van der Waals surface area contributed by atoms with Gasteiger partial charge in [-0.25, -0.2) is 0 Å².